The van der Waals surface area contributed by atoms with Gasteiger partial charge in [-0.2, -0.15) is 13.2 Å². The number of hydrogen-bond donors (Lipinski definition) is 2. The smallest absolute Gasteiger partial charge is 0.339 e. The molecule has 5 nitrogen and oxygen atoms in total. The molecule has 0 unspecified atom stereocenters. The van der Waals surface area contributed by atoms with Crippen LogP contribution in [0.3, 0.4) is 0 Å². The Balaban J connectivity index is 1.64. The molecule has 2 N–H and O–H groups in total. The summed E-state index contributed by atoms with van der Waals surface area (Å²) < 4.78 is 50.8. The number of benzene rings is 2. The van der Waals surface area contributed by atoms with Gasteiger partial charge in [0.1, 0.15) is 5.82 Å². The van der Waals surface area contributed by atoms with Gasteiger partial charge in [0.2, 0.25) is 0 Å². The maximum atomic E-state index is 13.1. The molecule has 0 bridgehead atoms. The van der Waals surface area contributed by atoms with E-state index in [0.717, 1.165) is 18.2 Å². The first-order valence-corrected chi connectivity index (χ1v) is 7.66. The molecule has 0 saturated carbocycles. The molecule has 3 aromatic rings. The molecule has 3 rings (SSSR count). The maximum Gasteiger partial charge on any atom is 0.416 e. The number of rotatable bonds is 4. The van der Waals surface area contributed by atoms with Crippen LogP contribution in [0, 0.1) is 5.82 Å². The number of anilines is 3. The summed E-state index contributed by atoms with van der Waals surface area (Å²) in [5.74, 6) is -0.669. The highest BCUT2D eigenvalue weighted by atomic mass is 19.4. The van der Waals surface area contributed by atoms with Crippen molar-refractivity contribution in [3.8, 4) is 0 Å². The minimum atomic E-state index is -4.40. The normalized spacial score (nSPS) is 11.1. The number of carbonyl (C=O) groups excluding carboxylic acids is 1. The molecule has 0 aliphatic rings. The third-order valence-corrected chi connectivity index (χ3v) is 3.48. The summed E-state index contributed by atoms with van der Waals surface area (Å²) in [7, 11) is 0. The van der Waals surface area contributed by atoms with E-state index in [9.17, 15) is 22.4 Å². The largest absolute Gasteiger partial charge is 0.416 e. The van der Waals surface area contributed by atoms with Crippen molar-refractivity contribution in [1.82, 2.24) is 10.2 Å². The second kappa shape index (κ2) is 7.40. The number of hydrogen-bond acceptors (Lipinski definition) is 4. The topological polar surface area (TPSA) is 66.9 Å². The van der Waals surface area contributed by atoms with Crippen LogP contribution in [0.25, 0.3) is 0 Å². The van der Waals surface area contributed by atoms with Gasteiger partial charge in [-0.3, -0.25) is 4.79 Å². The molecule has 9 heteroatoms. The molecule has 1 aromatic heterocycles. The Morgan fingerprint density at radius 2 is 1.56 bits per heavy atom. The van der Waals surface area contributed by atoms with Crippen LogP contribution in [0.1, 0.15) is 15.9 Å². The molecule has 0 atom stereocenters. The summed E-state index contributed by atoms with van der Waals surface area (Å²) in [6.07, 6.45) is -4.40. The predicted molar refractivity (Wildman–Crippen MR) is 91.1 cm³/mol. The summed E-state index contributed by atoms with van der Waals surface area (Å²) >= 11 is 0. The van der Waals surface area contributed by atoms with Gasteiger partial charge in [0.15, 0.2) is 11.6 Å². The fraction of sp³-hybridized carbons (Fsp3) is 0.0556. The molecular weight excluding hydrogens is 364 g/mol. The number of alkyl halides is 3. The summed E-state index contributed by atoms with van der Waals surface area (Å²) in [5.41, 5.74) is -0.229. The Labute approximate surface area is 151 Å². The minimum Gasteiger partial charge on any atom is -0.339 e. The lowest BCUT2D eigenvalue weighted by molar-refractivity contribution is -0.137. The van der Waals surface area contributed by atoms with E-state index in [1.807, 2.05) is 0 Å². The standard InChI is InChI=1S/C18H12F4N4O/c19-13-3-1-2-11(10-13)17(27)24-16-9-8-15(25-26-16)23-14-6-4-12(5-7-14)18(20,21)22/h1-10H,(H,23,25)(H,24,26,27). The maximum absolute atomic E-state index is 13.1. The number of nitrogens with zero attached hydrogens (tertiary/aromatic N) is 2. The molecule has 2 aromatic carbocycles. The van der Waals surface area contributed by atoms with Gasteiger partial charge in [0.25, 0.3) is 5.91 Å². The number of halogens is 4. The van der Waals surface area contributed by atoms with Crippen LogP contribution in [0.15, 0.2) is 60.7 Å². The Bertz CT molecular complexity index is 941. The molecule has 1 amide bonds. The second-order valence-electron chi connectivity index (χ2n) is 5.47. The van der Waals surface area contributed by atoms with Crippen LogP contribution >= 0.6 is 0 Å². The van der Waals surface area contributed by atoms with E-state index in [0.29, 0.717) is 5.69 Å². The van der Waals surface area contributed by atoms with Gasteiger partial charge in [-0.25, -0.2) is 4.39 Å². The highest BCUT2D eigenvalue weighted by Crippen LogP contribution is 2.30. The molecule has 138 valence electrons. The van der Waals surface area contributed by atoms with Crippen LogP contribution in [0.4, 0.5) is 34.9 Å². The van der Waals surface area contributed by atoms with Crippen molar-refractivity contribution >= 4 is 23.2 Å². The van der Waals surface area contributed by atoms with E-state index < -0.39 is 23.5 Å². The Kier molecular flexibility index (Phi) is 5.02. The fourth-order valence-corrected chi connectivity index (χ4v) is 2.17. The first-order chi connectivity index (χ1) is 12.8. The lowest BCUT2D eigenvalue weighted by Crippen LogP contribution is -2.13. The van der Waals surface area contributed by atoms with E-state index in [1.54, 1.807) is 0 Å². The van der Waals surface area contributed by atoms with E-state index in [1.165, 1.54) is 42.5 Å². The van der Waals surface area contributed by atoms with E-state index in [4.69, 9.17) is 0 Å². The van der Waals surface area contributed by atoms with Crippen molar-refractivity contribution in [2.45, 2.75) is 6.18 Å². The van der Waals surface area contributed by atoms with Crippen LogP contribution in [-0.4, -0.2) is 16.1 Å². The van der Waals surface area contributed by atoms with E-state index in [-0.39, 0.29) is 17.2 Å². The van der Waals surface area contributed by atoms with Crippen molar-refractivity contribution in [3.05, 3.63) is 77.6 Å². The highest BCUT2D eigenvalue weighted by molar-refractivity contribution is 6.03. The molecular formula is C18H12F4N4O. The number of nitrogens with one attached hydrogen (secondary N) is 2. The van der Waals surface area contributed by atoms with Gasteiger partial charge < -0.3 is 10.6 Å². The number of carbonyl (C=O) groups is 1. The van der Waals surface area contributed by atoms with Crippen molar-refractivity contribution in [1.29, 1.82) is 0 Å². The first-order valence-electron chi connectivity index (χ1n) is 7.66. The van der Waals surface area contributed by atoms with Crippen molar-refractivity contribution in [2.24, 2.45) is 0 Å². The zero-order valence-electron chi connectivity index (χ0n) is 13.6. The molecule has 0 saturated heterocycles. The summed E-state index contributed by atoms with van der Waals surface area (Å²) in [6, 6.07) is 12.5. The molecule has 0 fully saturated rings. The van der Waals surface area contributed by atoms with Crippen LogP contribution in [0.2, 0.25) is 0 Å². The van der Waals surface area contributed by atoms with Crippen LogP contribution in [0.5, 0.6) is 0 Å². The predicted octanol–water partition coefficient (Wildman–Crippen LogP) is 4.63. The summed E-state index contributed by atoms with van der Waals surface area (Å²) in [5, 5.41) is 12.9. The Morgan fingerprint density at radius 3 is 2.15 bits per heavy atom. The average molecular weight is 376 g/mol. The third-order valence-electron chi connectivity index (χ3n) is 3.48. The van der Waals surface area contributed by atoms with Gasteiger partial charge in [-0.05, 0) is 54.6 Å². The zero-order valence-corrected chi connectivity index (χ0v) is 13.6. The van der Waals surface area contributed by atoms with Gasteiger partial charge in [0.05, 0.1) is 5.56 Å². The number of aromatic nitrogens is 2. The summed E-state index contributed by atoms with van der Waals surface area (Å²) in [6.45, 7) is 0. The lowest BCUT2D eigenvalue weighted by Gasteiger charge is -2.09. The minimum absolute atomic E-state index is 0.128. The quantitative estimate of drug-likeness (QED) is 0.652. The van der Waals surface area contributed by atoms with Gasteiger partial charge in [-0.1, -0.05) is 6.07 Å². The Hall–Kier alpha value is -3.49. The average Bonchev–Trinajstić information content (AvgIpc) is 2.63. The van der Waals surface area contributed by atoms with Gasteiger partial charge in [0, 0.05) is 11.3 Å². The molecule has 1 heterocycles. The van der Waals surface area contributed by atoms with Gasteiger partial charge in [-0.15, -0.1) is 10.2 Å². The van der Waals surface area contributed by atoms with Crippen molar-refractivity contribution in [2.75, 3.05) is 10.6 Å². The summed E-state index contributed by atoms with van der Waals surface area (Å²) in [4.78, 5) is 12.0. The first kappa shape index (κ1) is 18.3. The van der Waals surface area contributed by atoms with E-state index in [2.05, 4.69) is 20.8 Å². The van der Waals surface area contributed by atoms with Crippen molar-refractivity contribution in [3.63, 3.8) is 0 Å². The van der Waals surface area contributed by atoms with Crippen molar-refractivity contribution < 1.29 is 22.4 Å². The van der Waals surface area contributed by atoms with E-state index >= 15 is 0 Å². The Morgan fingerprint density at radius 1 is 0.889 bits per heavy atom. The molecule has 0 spiro atoms. The lowest BCUT2D eigenvalue weighted by atomic mass is 10.2. The number of amides is 1. The zero-order chi connectivity index (χ0) is 19.4. The molecule has 0 aliphatic carbocycles. The molecule has 0 radical (unpaired) electrons. The van der Waals surface area contributed by atoms with Gasteiger partial charge >= 0.3 is 6.18 Å². The second-order valence-corrected chi connectivity index (χ2v) is 5.47. The highest BCUT2D eigenvalue weighted by Gasteiger charge is 2.29. The van der Waals surface area contributed by atoms with Crippen LogP contribution < -0.4 is 10.6 Å². The SMILES string of the molecule is O=C(Nc1ccc(Nc2ccc(C(F)(F)F)cc2)nn1)c1cccc(F)c1. The monoisotopic (exact) mass is 376 g/mol. The van der Waals surface area contributed by atoms with Crippen LogP contribution in [-0.2, 0) is 6.18 Å². The third kappa shape index (κ3) is 4.78. The fourth-order valence-electron chi connectivity index (χ4n) is 2.17. The molecule has 27 heavy (non-hydrogen) atoms. The molecule has 0 aliphatic heterocycles.